The van der Waals surface area contributed by atoms with Crippen molar-refractivity contribution in [3.63, 3.8) is 0 Å². The number of halogens is 1. The van der Waals surface area contributed by atoms with Crippen LogP contribution in [0.2, 0.25) is 0 Å². The molecule has 1 saturated carbocycles. The number of aromatic nitrogens is 3. The van der Waals surface area contributed by atoms with Crippen LogP contribution in [0.15, 0.2) is 44.7 Å². The number of thiophene rings is 1. The third-order valence-corrected chi connectivity index (χ3v) is 9.71. The molecule has 222 valence electrons. The molecule has 0 bridgehead atoms. The zero-order chi connectivity index (χ0) is 29.5. The lowest BCUT2D eigenvalue weighted by Gasteiger charge is -2.31. The first kappa shape index (κ1) is 28.4. The molecule has 12 heteroatoms. The largest absolute Gasteiger partial charge is 0.496 e. The molecule has 1 aliphatic carbocycles. The Morgan fingerprint density at radius 3 is 2.64 bits per heavy atom. The fraction of sp³-hybridized carbons (Fsp3) is 0.467. The molecule has 10 nitrogen and oxygen atoms in total. The molecule has 4 aromatic rings. The highest BCUT2D eigenvalue weighted by Crippen LogP contribution is 2.38. The number of oxazole rings is 1. The normalized spacial score (nSPS) is 21.5. The summed E-state index contributed by atoms with van der Waals surface area (Å²) in [5, 5.41) is 3.04. The lowest BCUT2D eigenvalue weighted by Crippen LogP contribution is -2.44. The van der Waals surface area contributed by atoms with E-state index in [9.17, 15) is 18.8 Å². The van der Waals surface area contributed by atoms with Crippen LogP contribution in [0, 0.1) is 18.7 Å². The van der Waals surface area contributed by atoms with Gasteiger partial charge in [0.1, 0.15) is 34.8 Å². The van der Waals surface area contributed by atoms with Gasteiger partial charge in [-0.3, -0.25) is 14.2 Å². The molecule has 4 heterocycles. The summed E-state index contributed by atoms with van der Waals surface area (Å²) in [7, 11) is 1.50. The van der Waals surface area contributed by atoms with Crippen molar-refractivity contribution in [1.82, 2.24) is 19.4 Å². The summed E-state index contributed by atoms with van der Waals surface area (Å²) in [4.78, 5) is 46.1. The van der Waals surface area contributed by atoms with E-state index in [1.165, 1.54) is 47.6 Å². The molecular weight excluding hydrogens is 563 g/mol. The molecule has 2 atom stereocenters. The maximum absolute atomic E-state index is 14.6. The highest BCUT2D eigenvalue weighted by molar-refractivity contribution is 7.22. The highest BCUT2D eigenvalue weighted by atomic mass is 32.1. The van der Waals surface area contributed by atoms with Gasteiger partial charge in [-0.15, -0.1) is 11.3 Å². The van der Waals surface area contributed by atoms with Crippen LogP contribution in [-0.2, 0) is 16.1 Å². The maximum Gasteiger partial charge on any atom is 0.332 e. The van der Waals surface area contributed by atoms with Crippen molar-refractivity contribution in [2.45, 2.75) is 70.7 Å². The van der Waals surface area contributed by atoms with Crippen LogP contribution >= 0.6 is 11.3 Å². The summed E-state index contributed by atoms with van der Waals surface area (Å²) in [6.07, 6.45) is 6.10. The second kappa shape index (κ2) is 11.5. The van der Waals surface area contributed by atoms with E-state index in [-0.39, 0.29) is 18.6 Å². The summed E-state index contributed by atoms with van der Waals surface area (Å²) in [5.74, 6) is 0.518. The van der Waals surface area contributed by atoms with Crippen molar-refractivity contribution < 1.29 is 23.1 Å². The molecule has 1 aromatic carbocycles. The molecular formula is C30H33FN4O6S. The van der Waals surface area contributed by atoms with Gasteiger partial charge in [-0.1, -0.05) is 6.92 Å². The van der Waals surface area contributed by atoms with E-state index in [1.807, 2.05) is 0 Å². The van der Waals surface area contributed by atoms with E-state index in [0.717, 1.165) is 30.3 Å². The number of ether oxygens (including phenoxy) is 2. The molecule has 2 fully saturated rings. The van der Waals surface area contributed by atoms with Gasteiger partial charge in [0, 0.05) is 12.1 Å². The van der Waals surface area contributed by atoms with E-state index < -0.39 is 29.2 Å². The van der Waals surface area contributed by atoms with Gasteiger partial charge in [-0.25, -0.2) is 18.7 Å². The molecule has 2 aliphatic rings. The van der Waals surface area contributed by atoms with Gasteiger partial charge in [0.05, 0.1) is 36.2 Å². The van der Waals surface area contributed by atoms with Gasteiger partial charge in [-0.2, -0.15) is 0 Å². The van der Waals surface area contributed by atoms with Crippen molar-refractivity contribution in [2.24, 2.45) is 5.92 Å². The Balaban J connectivity index is 1.55. The Hall–Kier alpha value is -3.77. The van der Waals surface area contributed by atoms with Gasteiger partial charge in [0.15, 0.2) is 0 Å². The van der Waals surface area contributed by atoms with Crippen LogP contribution in [0.25, 0.3) is 21.0 Å². The smallest absolute Gasteiger partial charge is 0.332 e. The number of fused-ring (bicyclic) bond motifs is 1. The molecule has 1 saturated heterocycles. The number of hydrogen-bond donors (Lipinski definition) is 1. The molecule has 1 N–H and O–H groups in total. The van der Waals surface area contributed by atoms with Crippen LogP contribution in [0.1, 0.15) is 62.3 Å². The summed E-state index contributed by atoms with van der Waals surface area (Å²) in [6.45, 7) is 4.33. The summed E-state index contributed by atoms with van der Waals surface area (Å²) in [5.41, 5.74) is -0.0999. The monoisotopic (exact) mass is 596 g/mol. The number of carbonyl (C=O) groups excluding carboxylic acids is 1. The van der Waals surface area contributed by atoms with Gasteiger partial charge in [-0.05, 0) is 68.7 Å². The molecule has 3 aromatic heterocycles. The summed E-state index contributed by atoms with van der Waals surface area (Å²) in [6, 6.07) is 3.29. The number of aryl methyl sites for hydroxylation is 1. The Morgan fingerprint density at radius 1 is 1.19 bits per heavy atom. The number of hydrogen-bond acceptors (Lipinski definition) is 8. The zero-order valence-electron chi connectivity index (χ0n) is 23.7. The molecule has 1 amide bonds. The summed E-state index contributed by atoms with van der Waals surface area (Å²) < 4.78 is 35.0. The number of amides is 1. The number of benzene rings is 1. The first-order valence-corrected chi connectivity index (χ1v) is 15.0. The second-order valence-corrected chi connectivity index (χ2v) is 12.1. The molecule has 0 unspecified atom stereocenters. The molecule has 42 heavy (non-hydrogen) atoms. The Labute approximate surface area is 245 Å². The Morgan fingerprint density at radius 2 is 1.98 bits per heavy atom. The third-order valence-electron chi connectivity index (χ3n) is 8.41. The minimum Gasteiger partial charge on any atom is -0.496 e. The van der Waals surface area contributed by atoms with Crippen molar-refractivity contribution in [1.29, 1.82) is 0 Å². The van der Waals surface area contributed by atoms with Crippen molar-refractivity contribution in [3.8, 4) is 16.5 Å². The van der Waals surface area contributed by atoms with Crippen LogP contribution in [0.3, 0.4) is 0 Å². The topological polar surface area (TPSA) is 118 Å². The number of nitrogens with one attached hydrogen (secondary N) is 1. The van der Waals surface area contributed by atoms with E-state index in [2.05, 4.69) is 17.2 Å². The molecule has 0 spiro atoms. The SMILES string of the molecule is COc1ccc(F)cc1[C@H](Cn1c(=O)n([C@@H]2CCNC2=O)c(=O)c2c(C)c(-c3ncco3)sc21)OC1CCC(C)CC1. The number of nitrogens with zero attached hydrogens (tertiary/aromatic N) is 3. The zero-order valence-corrected chi connectivity index (χ0v) is 24.5. The predicted molar refractivity (Wildman–Crippen MR) is 155 cm³/mol. The van der Waals surface area contributed by atoms with Crippen molar-refractivity contribution in [3.05, 3.63) is 68.4 Å². The van der Waals surface area contributed by atoms with E-state index in [1.54, 1.807) is 13.0 Å². The third kappa shape index (κ3) is 5.06. The minimum absolute atomic E-state index is 0.0270. The van der Waals surface area contributed by atoms with Gasteiger partial charge < -0.3 is 19.2 Å². The summed E-state index contributed by atoms with van der Waals surface area (Å²) >= 11 is 1.22. The van der Waals surface area contributed by atoms with E-state index in [4.69, 9.17) is 13.9 Å². The lowest BCUT2D eigenvalue weighted by atomic mass is 9.88. The van der Waals surface area contributed by atoms with E-state index >= 15 is 0 Å². The second-order valence-electron chi connectivity index (χ2n) is 11.1. The fourth-order valence-corrected chi connectivity index (χ4v) is 7.34. The van der Waals surface area contributed by atoms with Crippen molar-refractivity contribution in [2.75, 3.05) is 13.7 Å². The van der Waals surface area contributed by atoms with Crippen LogP contribution in [0.4, 0.5) is 4.39 Å². The molecule has 1 aliphatic heterocycles. The Bertz CT molecular complexity index is 1740. The van der Waals surface area contributed by atoms with Crippen molar-refractivity contribution >= 4 is 27.5 Å². The van der Waals surface area contributed by atoms with E-state index in [0.29, 0.717) is 56.7 Å². The predicted octanol–water partition coefficient (Wildman–Crippen LogP) is 4.73. The quantitative estimate of drug-likeness (QED) is 0.312. The maximum atomic E-state index is 14.6. The van der Waals surface area contributed by atoms with Crippen LogP contribution in [-0.4, -0.2) is 39.8 Å². The number of methoxy groups -OCH3 is 1. The lowest BCUT2D eigenvalue weighted by molar-refractivity contribution is -0.122. The highest BCUT2D eigenvalue weighted by Gasteiger charge is 2.34. The first-order chi connectivity index (χ1) is 20.3. The number of rotatable bonds is 8. The fourth-order valence-electron chi connectivity index (χ4n) is 6.10. The van der Waals surface area contributed by atoms with Crippen LogP contribution < -0.4 is 21.3 Å². The first-order valence-electron chi connectivity index (χ1n) is 14.2. The van der Waals surface area contributed by atoms with Gasteiger partial charge >= 0.3 is 5.69 Å². The number of carbonyl (C=O) groups is 1. The minimum atomic E-state index is -0.937. The Kier molecular flexibility index (Phi) is 7.75. The average Bonchev–Trinajstić information content (AvgIpc) is 3.73. The molecule has 0 radical (unpaired) electrons. The standard InChI is InChI=1S/C30H33FN4O6S/c1-16-4-7-19(8-5-16)41-23(20-14-18(31)6-9-22(20)39-3)15-34-29-24(17(2)25(42-29)27-33-12-13-40-27)28(37)35(30(34)38)21-10-11-32-26(21)36/h6,9,12-14,16,19,21,23H,4-5,7-8,10-11,15H2,1-3H3,(H,32,36)/t16?,19?,21-,23+/m1/s1. The van der Waals surface area contributed by atoms with Crippen LogP contribution in [0.5, 0.6) is 5.75 Å². The molecule has 6 rings (SSSR count). The average molecular weight is 597 g/mol. The van der Waals surface area contributed by atoms with Gasteiger partial charge in [0.2, 0.25) is 11.8 Å². The van der Waals surface area contributed by atoms with Gasteiger partial charge in [0.25, 0.3) is 5.56 Å².